The van der Waals surface area contributed by atoms with Crippen LogP contribution < -0.4 is 19.7 Å². The van der Waals surface area contributed by atoms with Crippen LogP contribution in [0.2, 0.25) is 0 Å². The van der Waals surface area contributed by atoms with E-state index in [1.165, 1.54) is 19.8 Å². The molecule has 0 radical (unpaired) electrons. The standard InChI is InChI=1S/C23H26N2O6/c1-4-15-5-7-17(8-6-15)25-13-16(11-22(25)27)23(28)31-14-21(26)24-19-10-9-18(29-2)12-20(19)30-3/h5-10,12,16H,4,11,13-14H2,1-3H3,(H,24,26)/t16-/m1/s1. The van der Waals surface area contributed by atoms with Gasteiger partial charge in [0.2, 0.25) is 5.91 Å². The van der Waals surface area contributed by atoms with Gasteiger partial charge >= 0.3 is 5.97 Å². The van der Waals surface area contributed by atoms with Gasteiger partial charge in [0.15, 0.2) is 6.61 Å². The molecule has 0 saturated carbocycles. The van der Waals surface area contributed by atoms with Crippen LogP contribution in [0, 0.1) is 5.92 Å². The van der Waals surface area contributed by atoms with Gasteiger partial charge in [-0.2, -0.15) is 0 Å². The van der Waals surface area contributed by atoms with Crippen LogP contribution in [0.1, 0.15) is 18.9 Å². The molecule has 1 fully saturated rings. The van der Waals surface area contributed by atoms with E-state index >= 15 is 0 Å². The highest BCUT2D eigenvalue weighted by molar-refractivity contribution is 6.00. The summed E-state index contributed by atoms with van der Waals surface area (Å²) in [4.78, 5) is 38.6. The van der Waals surface area contributed by atoms with Gasteiger partial charge in [-0.25, -0.2) is 0 Å². The Balaban J connectivity index is 1.53. The van der Waals surface area contributed by atoms with Gasteiger partial charge in [-0.05, 0) is 36.2 Å². The second kappa shape index (κ2) is 9.97. The van der Waals surface area contributed by atoms with E-state index in [9.17, 15) is 14.4 Å². The minimum absolute atomic E-state index is 0.0578. The molecular weight excluding hydrogens is 400 g/mol. The number of benzene rings is 2. The smallest absolute Gasteiger partial charge is 0.311 e. The molecule has 0 bridgehead atoms. The van der Waals surface area contributed by atoms with Gasteiger partial charge in [0, 0.05) is 24.7 Å². The molecule has 8 heteroatoms. The summed E-state index contributed by atoms with van der Waals surface area (Å²) < 4.78 is 15.5. The van der Waals surface area contributed by atoms with Crippen molar-refractivity contribution in [1.29, 1.82) is 0 Å². The van der Waals surface area contributed by atoms with Gasteiger partial charge in [0.05, 0.1) is 25.8 Å². The molecule has 8 nitrogen and oxygen atoms in total. The molecule has 0 aromatic heterocycles. The van der Waals surface area contributed by atoms with Crippen LogP contribution in [0.5, 0.6) is 11.5 Å². The van der Waals surface area contributed by atoms with E-state index in [4.69, 9.17) is 14.2 Å². The Morgan fingerprint density at radius 1 is 1.10 bits per heavy atom. The predicted molar refractivity (Wildman–Crippen MR) is 115 cm³/mol. The number of ether oxygens (including phenoxy) is 3. The van der Waals surface area contributed by atoms with Crippen molar-refractivity contribution in [2.75, 3.05) is 37.6 Å². The number of amides is 2. The molecule has 164 valence electrons. The average Bonchev–Trinajstić information content (AvgIpc) is 3.19. The number of hydrogen-bond acceptors (Lipinski definition) is 6. The maximum absolute atomic E-state index is 12.4. The first kappa shape index (κ1) is 22.1. The zero-order chi connectivity index (χ0) is 22.4. The highest BCUT2D eigenvalue weighted by Crippen LogP contribution is 2.29. The van der Waals surface area contributed by atoms with Gasteiger partial charge in [0.25, 0.3) is 5.91 Å². The molecule has 2 amide bonds. The maximum Gasteiger partial charge on any atom is 0.311 e. The Morgan fingerprint density at radius 3 is 2.48 bits per heavy atom. The summed E-state index contributed by atoms with van der Waals surface area (Å²) in [6, 6.07) is 12.6. The molecule has 31 heavy (non-hydrogen) atoms. The number of rotatable bonds is 8. The summed E-state index contributed by atoms with van der Waals surface area (Å²) in [6.45, 7) is 1.84. The molecule has 1 N–H and O–H groups in total. The van der Waals surface area contributed by atoms with Gasteiger partial charge < -0.3 is 24.4 Å². The highest BCUT2D eigenvalue weighted by Gasteiger charge is 2.36. The van der Waals surface area contributed by atoms with Crippen LogP contribution in [0.15, 0.2) is 42.5 Å². The Labute approximate surface area is 181 Å². The van der Waals surface area contributed by atoms with Crippen molar-refractivity contribution in [2.24, 2.45) is 5.92 Å². The lowest BCUT2D eigenvalue weighted by Crippen LogP contribution is -2.28. The van der Waals surface area contributed by atoms with Crippen LogP contribution in [0.3, 0.4) is 0 Å². The van der Waals surface area contributed by atoms with Crippen LogP contribution in [-0.4, -0.2) is 45.2 Å². The van der Waals surface area contributed by atoms with Crippen molar-refractivity contribution < 1.29 is 28.6 Å². The fraction of sp³-hybridized carbons (Fsp3) is 0.348. The third-order valence-electron chi connectivity index (χ3n) is 5.14. The molecule has 1 atom stereocenters. The second-order valence-electron chi connectivity index (χ2n) is 7.15. The molecule has 1 saturated heterocycles. The zero-order valence-electron chi connectivity index (χ0n) is 17.8. The van der Waals surface area contributed by atoms with Crippen molar-refractivity contribution in [3.8, 4) is 11.5 Å². The van der Waals surface area contributed by atoms with E-state index in [1.54, 1.807) is 23.1 Å². The van der Waals surface area contributed by atoms with Crippen molar-refractivity contribution >= 4 is 29.2 Å². The number of esters is 1. The topological polar surface area (TPSA) is 94.2 Å². The van der Waals surface area contributed by atoms with Crippen molar-refractivity contribution in [1.82, 2.24) is 0 Å². The number of nitrogens with zero attached hydrogens (tertiary/aromatic N) is 1. The maximum atomic E-state index is 12.4. The number of anilines is 2. The number of aryl methyl sites for hydroxylation is 1. The van der Waals surface area contributed by atoms with Gasteiger partial charge in [-0.15, -0.1) is 0 Å². The van der Waals surface area contributed by atoms with E-state index in [1.807, 2.05) is 24.3 Å². The van der Waals surface area contributed by atoms with Gasteiger partial charge in [0.1, 0.15) is 11.5 Å². The van der Waals surface area contributed by atoms with Crippen molar-refractivity contribution in [3.63, 3.8) is 0 Å². The lowest BCUT2D eigenvalue weighted by Gasteiger charge is -2.17. The monoisotopic (exact) mass is 426 g/mol. The predicted octanol–water partition coefficient (Wildman–Crippen LogP) is 2.80. The number of carbonyl (C=O) groups is 3. The van der Waals surface area contributed by atoms with Crippen LogP contribution >= 0.6 is 0 Å². The summed E-state index contributed by atoms with van der Waals surface area (Å²) in [5.74, 6) is -0.822. The molecule has 0 aliphatic carbocycles. The quantitative estimate of drug-likeness (QED) is 0.653. The molecule has 2 aromatic carbocycles. The molecule has 2 aromatic rings. The number of carbonyl (C=O) groups excluding carboxylic acids is 3. The van der Waals surface area contributed by atoms with E-state index in [-0.39, 0.29) is 18.9 Å². The Morgan fingerprint density at radius 2 is 1.84 bits per heavy atom. The van der Waals surface area contributed by atoms with Gasteiger partial charge in [-0.3, -0.25) is 14.4 Å². The lowest BCUT2D eigenvalue weighted by molar-refractivity contribution is -0.151. The van der Waals surface area contributed by atoms with E-state index in [0.717, 1.165) is 12.1 Å². The van der Waals surface area contributed by atoms with E-state index in [2.05, 4.69) is 12.2 Å². The summed E-state index contributed by atoms with van der Waals surface area (Å²) in [5.41, 5.74) is 2.36. The molecule has 1 heterocycles. The molecular formula is C23H26N2O6. The average molecular weight is 426 g/mol. The lowest BCUT2D eigenvalue weighted by atomic mass is 10.1. The van der Waals surface area contributed by atoms with E-state index in [0.29, 0.717) is 17.2 Å². The Bertz CT molecular complexity index is 957. The first-order chi connectivity index (χ1) is 14.9. The minimum atomic E-state index is -0.610. The normalized spacial score (nSPS) is 15.5. The third-order valence-corrected chi connectivity index (χ3v) is 5.14. The van der Waals surface area contributed by atoms with Gasteiger partial charge in [-0.1, -0.05) is 19.1 Å². The summed E-state index contributed by atoms with van der Waals surface area (Å²) in [6.07, 6.45) is 0.968. The Kier molecular flexibility index (Phi) is 7.12. The fourth-order valence-corrected chi connectivity index (χ4v) is 3.37. The van der Waals surface area contributed by atoms with Crippen LogP contribution in [0.4, 0.5) is 11.4 Å². The molecule has 0 unspecified atom stereocenters. The van der Waals surface area contributed by atoms with Crippen LogP contribution in [-0.2, 0) is 25.5 Å². The van der Waals surface area contributed by atoms with Crippen molar-refractivity contribution in [3.05, 3.63) is 48.0 Å². The highest BCUT2D eigenvalue weighted by atomic mass is 16.5. The molecule has 3 rings (SSSR count). The summed E-state index contributed by atoms with van der Waals surface area (Å²) in [5, 5.41) is 2.64. The molecule has 0 spiro atoms. The molecule has 1 aliphatic heterocycles. The van der Waals surface area contributed by atoms with E-state index < -0.39 is 24.4 Å². The zero-order valence-corrected chi connectivity index (χ0v) is 17.8. The molecule has 1 aliphatic rings. The fourth-order valence-electron chi connectivity index (χ4n) is 3.37. The number of methoxy groups -OCH3 is 2. The largest absolute Gasteiger partial charge is 0.497 e. The Hall–Kier alpha value is -3.55. The summed E-state index contributed by atoms with van der Waals surface area (Å²) in [7, 11) is 3.00. The first-order valence-electron chi connectivity index (χ1n) is 10.0. The number of nitrogens with one attached hydrogen (secondary N) is 1. The first-order valence-corrected chi connectivity index (χ1v) is 10.0. The third kappa shape index (κ3) is 5.33. The second-order valence-corrected chi connectivity index (χ2v) is 7.15. The van der Waals surface area contributed by atoms with Crippen molar-refractivity contribution in [2.45, 2.75) is 19.8 Å². The summed E-state index contributed by atoms with van der Waals surface area (Å²) >= 11 is 0. The number of hydrogen-bond donors (Lipinski definition) is 1. The SMILES string of the molecule is CCc1ccc(N2C[C@H](C(=O)OCC(=O)Nc3ccc(OC)cc3OC)CC2=O)cc1. The van der Waals surface area contributed by atoms with Crippen LogP contribution in [0.25, 0.3) is 0 Å². The minimum Gasteiger partial charge on any atom is -0.497 e.